The molecule has 1 aliphatic heterocycles. The minimum absolute atomic E-state index is 0.230. The van der Waals surface area contributed by atoms with Gasteiger partial charge in [-0.2, -0.15) is 0 Å². The van der Waals surface area contributed by atoms with Crippen LogP contribution in [0, 0.1) is 6.92 Å². The molecule has 2 heterocycles. The second kappa shape index (κ2) is 9.28. The summed E-state index contributed by atoms with van der Waals surface area (Å²) in [4.78, 5) is 29.0. The summed E-state index contributed by atoms with van der Waals surface area (Å²) in [5.74, 6) is 0.340. The number of carbonyl (C=O) groups excluding carboxylic acids is 2. The Hall–Kier alpha value is -3.58. The summed E-state index contributed by atoms with van der Waals surface area (Å²) in [6.45, 7) is 4.55. The van der Waals surface area contributed by atoms with Crippen LogP contribution in [0.2, 0.25) is 0 Å². The Labute approximate surface area is 191 Å². The van der Waals surface area contributed by atoms with Gasteiger partial charge < -0.3 is 14.8 Å². The minimum atomic E-state index is -0.429. The molecule has 0 atom stereocenters. The maximum atomic E-state index is 13.6. The first kappa shape index (κ1) is 21.6. The fourth-order valence-electron chi connectivity index (χ4n) is 3.52. The van der Waals surface area contributed by atoms with Crippen molar-refractivity contribution in [2.24, 2.45) is 0 Å². The van der Waals surface area contributed by atoms with E-state index < -0.39 is 5.91 Å². The Kier molecular flexibility index (Phi) is 6.28. The molecule has 0 aliphatic carbocycles. The number of carbonyl (C=O) groups is 2. The summed E-state index contributed by atoms with van der Waals surface area (Å²) >= 11 is 1.41. The molecule has 164 valence electrons. The fourth-order valence-corrected chi connectivity index (χ4v) is 4.28. The average Bonchev–Trinajstić information content (AvgIpc) is 3.39. The Morgan fingerprint density at radius 1 is 1.03 bits per heavy atom. The number of hydrogen-bond donors (Lipinski definition) is 1. The highest BCUT2D eigenvalue weighted by atomic mass is 32.1. The molecule has 0 fully saturated rings. The predicted octanol–water partition coefficient (Wildman–Crippen LogP) is 5.25. The summed E-state index contributed by atoms with van der Waals surface area (Å²) < 4.78 is 11.2. The van der Waals surface area contributed by atoms with Crippen molar-refractivity contribution in [3.8, 4) is 11.5 Å². The number of hydrogen-bond acceptors (Lipinski definition) is 6. The third-order valence-corrected chi connectivity index (χ3v) is 5.89. The number of rotatable bonds is 8. The second-order valence-electron chi connectivity index (χ2n) is 7.35. The summed E-state index contributed by atoms with van der Waals surface area (Å²) in [6, 6.07) is 16.5. The van der Waals surface area contributed by atoms with Gasteiger partial charge in [0.1, 0.15) is 17.2 Å². The molecule has 1 aromatic heterocycles. The molecule has 1 aliphatic rings. The van der Waals surface area contributed by atoms with Gasteiger partial charge >= 0.3 is 0 Å². The number of aryl methyl sites for hydroxylation is 1. The minimum Gasteiger partial charge on any atom is -0.495 e. The lowest BCUT2D eigenvalue weighted by molar-refractivity contribution is -0.120. The molecular formula is C25H24N2O4S. The first-order valence-corrected chi connectivity index (χ1v) is 11.2. The lowest BCUT2D eigenvalue weighted by Crippen LogP contribution is -2.32. The number of methoxy groups -OCH3 is 1. The summed E-state index contributed by atoms with van der Waals surface area (Å²) in [5, 5.41) is 5.06. The van der Waals surface area contributed by atoms with Crippen molar-refractivity contribution >= 4 is 40.1 Å². The topological polar surface area (TPSA) is 67.9 Å². The number of nitrogens with one attached hydrogen (secondary N) is 1. The van der Waals surface area contributed by atoms with E-state index >= 15 is 0 Å². The third-order valence-electron chi connectivity index (χ3n) is 5.00. The zero-order chi connectivity index (χ0) is 22.7. The van der Waals surface area contributed by atoms with Crippen LogP contribution in [-0.4, -0.2) is 25.5 Å². The smallest absolute Gasteiger partial charge is 0.282 e. The van der Waals surface area contributed by atoms with Crippen molar-refractivity contribution in [3.63, 3.8) is 0 Å². The third kappa shape index (κ3) is 4.11. The average molecular weight is 449 g/mol. The molecule has 4 rings (SSSR count). The van der Waals surface area contributed by atoms with E-state index in [0.717, 1.165) is 16.9 Å². The number of benzene rings is 2. The quantitative estimate of drug-likeness (QED) is 0.477. The zero-order valence-electron chi connectivity index (χ0n) is 18.2. The van der Waals surface area contributed by atoms with Gasteiger partial charge in [0.25, 0.3) is 11.8 Å². The van der Waals surface area contributed by atoms with Crippen LogP contribution in [0.4, 0.5) is 11.4 Å². The molecule has 2 amide bonds. The molecule has 0 spiro atoms. The Bertz CT molecular complexity index is 1180. The number of nitrogens with zero attached hydrogens (tertiary/aromatic N) is 1. The summed E-state index contributed by atoms with van der Waals surface area (Å²) in [6.07, 6.45) is 0.894. The molecular weight excluding hydrogens is 424 g/mol. The van der Waals surface area contributed by atoms with Gasteiger partial charge in [0.15, 0.2) is 0 Å². The molecule has 1 N–H and O–H groups in total. The number of ether oxygens (including phenoxy) is 2. The van der Waals surface area contributed by atoms with Crippen LogP contribution < -0.4 is 19.7 Å². The highest BCUT2D eigenvalue weighted by Crippen LogP contribution is 2.39. The maximum Gasteiger partial charge on any atom is 0.282 e. The van der Waals surface area contributed by atoms with Crippen LogP contribution in [-0.2, 0) is 9.59 Å². The molecule has 32 heavy (non-hydrogen) atoms. The van der Waals surface area contributed by atoms with Gasteiger partial charge in [-0.1, -0.05) is 25.1 Å². The van der Waals surface area contributed by atoms with E-state index in [1.807, 2.05) is 61.7 Å². The molecule has 0 unspecified atom stereocenters. The van der Waals surface area contributed by atoms with E-state index in [-0.39, 0.29) is 11.6 Å². The van der Waals surface area contributed by atoms with E-state index in [0.29, 0.717) is 35.1 Å². The predicted molar refractivity (Wildman–Crippen MR) is 127 cm³/mol. The van der Waals surface area contributed by atoms with E-state index in [9.17, 15) is 9.59 Å². The van der Waals surface area contributed by atoms with E-state index in [1.165, 1.54) is 23.3 Å². The first-order chi connectivity index (χ1) is 15.5. The largest absolute Gasteiger partial charge is 0.495 e. The maximum absolute atomic E-state index is 13.6. The number of amides is 2. The molecule has 2 aromatic carbocycles. The van der Waals surface area contributed by atoms with Crippen LogP contribution in [0.5, 0.6) is 11.5 Å². The van der Waals surface area contributed by atoms with Crippen LogP contribution in [0.3, 0.4) is 0 Å². The zero-order valence-corrected chi connectivity index (χ0v) is 19.0. The summed E-state index contributed by atoms with van der Waals surface area (Å²) in [5.41, 5.74) is 2.58. The Balaban J connectivity index is 1.76. The monoisotopic (exact) mass is 448 g/mol. The number of anilines is 2. The molecule has 7 heteroatoms. The molecule has 0 bridgehead atoms. The van der Waals surface area contributed by atoms with Crippen molar-refractivity contribution < 1.29 is 19.1 Å². The van der Waals surface area contributed by atoms with Crippen molar-refractivity contribution in [1.29, 1.82) is 0 Å². The van der Waals surface area contributed by atoms with E-state index in [1.54, 1.807) is 12.1 Å². The first-order valence-electron chi connectivity index (χ1n) is 10.3. The van der Waals surface area contributed by atoms with Gasteiger partial charge in [-0.05, 0) is 54.6 Å². The van der Waals surface area contributed by atoms with Crippen molar-refractivity contribution in [3.05, 3.63) is 76.1 Å². The summed E-state index contributed by atoms with van der Waals surface area (Å²) in [7, 11) is 1.52. The van der Waals surface area contributed by atoms with Gasteiger partial charge in [0.05, 0.1) is 25.0 Å². The van der Waals surface area contributed by atoms with Gasteiger partial charge in [0.2, 0.25) is 0 Å². The molecule has 6 nitrogen and oxygen atoms in total. The lowest BCUT2D eigenvalue weighted by Gasteiger charge is -2.19. The van der Waals surface area contributed by atoms with E-state index in [4.69, 9.17) is 9.47 Å². The van der Waals surface area contributed by atoms with Gasteiger partial charge in [-0.25, -0.2) is 4.90 Å². The highest BCUT2D eigenvalue weighted by molar-refractivity contribution is 7.11. The van der Waals surface area contributed by atoms with Gasteiger partial charge in [0, 0.05) is 16.6 Å². The SMILES string of the molecule is CCCOc1cccc(NC2=C(c3cccs3)C(=O)N(c3cc(C)ccc3OC)C2=O)c1. The molecule has 3 aromatic rings. The Morgan fingerprint density at radius 2 is 1.88 bits per heavy atom. The molecule has 0 radical (unpaired) electrons. The van der Waals surface area contributed by atoms with Crippen molar-refractivity contribution in [1.82, 2.24) is 0 Å². The normalized spacial score (nSPS) is 13.7. The van der Waals surface area contributed by atoms with Crippen LogP contribution in [0.1, 0.15) is 23.8 Å². The van der Waals surface area contributed by atoms with Crippen LogP contribution in [0.25, 0.3) is 5.57 Å². The molecule has 0 saturated carbocycles. The lowest BCUT2D eigenvalue weighted by atomic mass is 10.1. The van der Waals surface area contributed by atoms with Crippen molar-refractivity contribution in [2.45, 2.75) is 20.3 Å². The van der Waals surface area contributed by atoms with Gasteiger partial charge in [-0.3, -0.25) is 9.59 Å². The molecule has 0 saturated heterocycles. The number of imide groups is 1. The fraction of sp³-hybridized carbons (Fsp3) is 0.200. The highest BCUT2D eigenvalue weighted by Gasteiger charge is 2.42. The number of thiophene rings is 1. The van der Waals surface area contributed by atoms with Crippen LogP contribution >= 0.6 is 11.3 Å². The second-order valence-corrected chi connectivity index (χ2v) is 8.30. The van der Waals surface area contributed by atoms with Crippen LogP contribution in [0.15, 0.2) is 65.7 Å². The van der Waals surface area contributed by atoms with Crippen molar-refractivity contribution in [2.75, 3.05) is 23.9 Å². The standard InChI is InChI=1S/C25H24N2O4S/c1-4-12-31-18-8-5-7-17(15-18)26-23-22(21-9-6-13-32-21)24(28)27(25(23)29)19-14-16(2)10-11-20(19)30-3/h5-11,13-15,26H,4,12H2,1-3H3. The van der Waals surface area contributed by atoms with E-state index in [2.05, 4.69) is 5.32 Å². The van der Waals surface area contributed by atoms with Gasteiger partial charge in [-0.15, -0.1) is 11.3 Å². The Morgan fingerprint density at radius 3 is 2.59 bits per heavy atom.